The van der Waals surface area contributed by atoms with Crippen molar-refractivity contribution in [1.82, 2.24) is 19.7 Å². The van der Waals surface area contributed by atoms with E-state index in [9.17, 15) is 0 Å². The second-order valence-corrected chi connectivity index (χ2v) is 3.82. The zero-order valence-electron chi connectivity index (χ0n) is 9.85. The number of nitrogens with one attached hydrogen (secondary N) is 1. The average Bonchev–Trinajstić information content (AvgIpc) is 2.72. The number of terminal acetylenes is 1. The molecular formula is C12H15N5. The zero-order valence-corrected chi connectivity index (χ0v) is 9.85. The normalized spacial score (nSPS) is 10.4. The lowest BCUT2D eigenvalue weighted by atomic mass is 10.2. The summed E-state index contributed by atoms with van der Waals surface area (Å²) in [6.07, 6.45) is 11.4. The second kappa shape index (κ2) is 5.30. The number of hydrogen-bond acceptors (Lipinski definition) is 4. The standard InChI is InChI=1S/C12H15N5/c1-3-4-5-6-7-13-11-10-8-16-17(2)12(10)15-9-14-11/h1,8-9H,4-7H2,2H3,(H,13,14,15). The molecule has 0 amide bonds. The van der Waals surface area contributed by atoms with Crippen molar-refractivity contribution in [2.45, 2.75) is 19.3 Å². The highest BCUT2D eigenvalue weighted by atomic mass is 15.3. The Kier molecular flexibility index (Phi) is 3.55. The van der Waals surface area contributed by atoms with Gasteiger partial charge in [0.15, 0.2) is 5.65 Å². The van der Waals surface area contributed by atoms with Crippen molar-refractivity contribution in [2.24, 2.45) is 7.05 Å². The van der Waals surface area contributed by atoms with E-state index in [2.05, 4.69) is 26.3 Å². The smallest absolute Gasteiger partial charge is 0.163 e. The first-order valence-corrected chi connectivity index (χ1v) is 5.63. The van der Waals surface area contributed by atoms with Crippen LogP contribution in [0, 0.1) is 12.3 Å². The van der Waals surface area contributed by atoms with Gasteiger partial charge in [0, 0.05) is 20.0 Å². The number of nitrogens with zero attached hydrogens (tertiary/aromatic N) is 4. The third kappa shape index (κ3) is 2.53. The summed E-state index contributed by atoms with van der Waals surface area (Å²) in [6, 6.07) is 0. The molecule has 0 aliphatic rings. The largest absolute Gasteiger partial charge is 0.369 e. The van der Waals surface area contributed by atoms with Gasteiger partial charge in [-0.25, -0.2) is 9.97 Å². The highest BCUT2D eigenvalue weighted by molar-refractivity contribution is 5.85. The Balaban J connectivity index is 2.01. The average molecular weight is 229 g/mol. The van der Waals surface area contributed by atoms with Gasteiger partial charge in [0.1, 0.15) is 12.1 Å². The number of aromatic nitrogens is 4. The van der Waals surface area contributed by atoms with E-state index in [1.165, 1.54) is 0 Å². The summed E-state index contributed by atoms with van der Waals surface area (Å²) < 4.78 is 1.74. The first-order valence-electron chi connectivity index (χ1n) is 5.63. The minimum absolute atomic E-state index is 0.827. The molecule has 2 rings (SSSR count). The maximum atomic E-state index is 5.20. The fourth-order valence-electron chi connectivity index (χ4n) is 1.66. The summed E-state index contributed by atoms with van der Waals surface area (Å²) in [5.74, 6) is 3.47. The van der Waals surface area contributed by atoms with E-state index in [-0.39, 0.29) is 0 Å². The molecule has 0 aromatic carbocycles. The van der Waals surface area contributed by atoms with Crippen molar-refractivity contribution in [3.8, 4) is 12.3 Å². The van der Waals surface area contributed by atoms with Crippen molar-refractivity contribution in [1.29, 1.82) is 0 Å². The molecule has 0 spiro atoms. The lowest BCUT2D eigenvalue weighted by Crippen LogP contribution is -2.04. The molecule has 1 N–H and O–H groups in total. The summed E-state index contributed by atoms with van der Waals surface area (Å²) in [5.41, 5.74) is 0.839. The molecule has 0 radical (unpaired) electrons. The van der Waals surface area contributed by atoms with Gasteiger partial charge in [-0.05, 0) is 12.8 Å². The second-order valence-electron chi connectivity index (χ2n) is 3.82. The van der Waals surface area contributed by atoms with Gasteiger partial charge in [-0.3, -0.25) is 4.68 Å². The summed E-state index contributed by atoms with van der Waals surface area (Å²) in [7, 11) is 1.87. The van der Waals surface area contributed by atoms with Crippen LogP contribution < -0.4 is 5.32 Å². The van der Waals surface area contributed by atoms with Crippen LogP contribution in [0.15, 0.2) is 12.5 Å². The van der Waals surface area contributed by atoms with Crippen molar-refractivity contribution in [3.05, 3.63) is 12.5 Å². The Labute approximate surface area is 100 Å². The van der Waals surface area contributed by atoms with Crippen LogP contribution in [0.2, 0.25) is 0 Å². The fourth-order valence-corrected chi connectivity index (χ4v) is 1.66. The number of aryl methyl sites for hydroxylation is 1. The highest BCUT2D eigenvalue weighted by Gasteiger charge is 2.06. The highest BCUT2D eigenvalue weighted by Crippen LogP contribution is 2.17. The van der Waals surface area contributed by atoms with Crippen molar-refractivity contribution in [3.63, 3.8) is 0 Å². The van der Waals surface area contributed by atoms with Crippen molar-refractivity contribution < 1.29 is 0 Å². The predicted octanol–water partition coefficient (Wildman–Crippen LogP) is 1.58. The maximum absolute atomic E-state index is 5.20. The molecule has 0 unspecified atom stereocenters. The monoisotopic (exact) mass is 229 g/mol. The Morgan fingerprint density at radius 2 is 2.29 bits per heavy atom. The number of anilines is 1. The molecule has 5 nitrogen and oxygen atoms in total. The Hall–Kier alpha value is -2.09. The first kappa shape index (κ1) is 11.4. The summed E-state index contributed by atoms with van der Waals surface area (Å²) in [4.78, 5) is 8.40. The third-order valence-corrected chi connectivity index (χ3v) is 2.57. The van der Waals surface area contributed by atoms with Gasteiger partial charge in [-0.1, -0.05) is 0 Å². The summed E-state index contributed by atoms with van der Waals surface area (Å²) in [5, 5.41) is 8.40. The molecule has 2 aromatic heterocycles. The molecule has 0 saturated carbocycles. The minimum Gasteiger partial charge on any atom is -0.369 e. The van der Waals surface area contributed by atoms with Gasteiger partial charge in [-0.2, -0.15) is 5.10 Å². The van der Waals surface area contributed by atoms with E-state index >= 15 is 0 Å². The van der Waals surface area contributed by atoms with Gasteiger partial charge in [0.2, 0.25) is 0 Å². The van der Waals surface area contributed by atoms with Gasteiger partial charge in [-0.15, -0.1) is 12.3 Å². The van der Waals surface area contributed by atoms with Crippen LogP contribution in [0.5, 0.6) is 0 Å². The Bertz CT molecular complexity index is 537. The van der Waals surface area contributed by atoms with Gasteiger partial charge >= 0.3 is 0 Å². The maximum Gasteiger partial charge on any atom is 0.163 e. The van der Waals surface area contributed by atoms with Crippen LogP contribution in [0.3, 0.4) is 0 Å². The van der Waals surface area contributed by atoms with Gasteiger partial charge in [0.25, 0.3) is 0 Å². The van der Waals surface area contributed by atoms with E-state index < -0.39 is 0 Å². The number of rotatable bonds is 5. The Morgan fingerprint density at radius 1 is 1.41 bits per heavy atom. The lowest BCUT2D eigenvalue weighted by Gasteiger charge is -2.05. The van der Waals surface area contributed by atoms with E-state index in [0.29, 0.717) is 0 Å². The lowest BCUT2D eigenvalue weighted by molar-refractivity contribution is 0.783. The van der Waals surface area contributed by atoms with Crippen molar-refractivity contribution >= 4 is 16.9 Å². The van der Waals surface area contributed by atoms with Crippen LogP contribution in [-0.2, 0) is 7.05 Å². The first-order chi connectivity index (χ1) is 8.33. The predicted molar refractivity (Wildman–Crippen MR) is 67.5 cm³/mol. The van der Waals surface area contributed by atoms with Crippen LogP contribution in [0.25, 0.3) is 11.0 Å². The third-order valence-electron chi connectivity index (χ3n) is 2.57. The SMILES string of the molecule is C#CCCCCNc1ncnc2c1cnn2C. The molecule has 88 valence electrons. The Morgan fingerprint density at radius 3 is 3.12 bits per heavy atom. The fraction of sp³-hybridized carbons (Fsp3) is 0.417. The summed E-state index contributed by atoms with van der Waals surface area (Å²) in [6.45, 7) is 0.864. The number of unbranched alkanes of at least 4 members (excludes halogenated alkanes) is 2. The van der Waals surface area contributed by atoms with E-state index in [4.69, 9.17) is 6.42 Å². The number of hydrogen-bond donors (Lipinski definition) is 1. The van der Waals surface area contributed by atoms with E-state index in [0.717, 1.165) is 42.7 Å². The topological polar surface area (TPSA) is 55.6 Å². The van der Waals surface area contributed by atoms with Crippen LogP contribution in [-0.4, -0.2) is 26.3 Å². The number of fused-ring (bicyclic) bond motifs is 1. The van der Waals surface area contributed by atoms with Crippen LogP contribution in [0.4, 0.5) is 5.82 Å². The van der Waals surface area contributed by atoms with Crippen molar-refractivity contribution in [2.75, 3.05) is 11.9 Å². The molecule has 17 heavy (non-hydrogen) atoms. The molecule has 0 bridgehead atoms. The molecule has 2 aromatic rings. The van der Waals surface area contributed by atoms with E-state index in [1.54, 1.807) is 17.2 Å². The van der Waals surface area contributed by atoms with Crippen LogP contribution in [0.1, 0.15) is 19.3 Å². The van der Waals surface area contributed by atoms with Crippen LogP contribution >= 0.6 is 0 Å². The molecular weight excluding hydrogens is 214 g/mol. The molecule has 0 fully saturated rings. The summed E-state index contributed by atoms with van der Waals surface area (Å²) >= 11 is 0. The molecule has 0 saturated heterocycles. The molecule has 0 aliphatic heterocycles. The zero-order chi connectivity index (χ0) is 12.1. The molecule has 0 aliphatic carbocycles. The molecule has 2 heterocycles. The van der Waals surface area contributed by atoms with Gasteiger partial charge in [0.05, 0.1) is 11.6 Å². The quantitative estimate of drug-likeness (QED) is 0.624. The minimum atomic E-state index is 0.827. The molecule has 0 atom stereocenters. The molecule has 5 heteroatoms. The van der Waals surface area contributed by atoms with E-state index in [1.807, 2.05) is 7.05 Å². The van der Waals surface area contributed by atoms with Gasteiger partial charge < -0.3 is 5.32 Å².